The van der Waals surface area contributed by atoms with Crippen LogP contribution in [0.25, 0.3) is 6.08 Å². The maximum absolute atomic E-state index is 13.4. The summed E-state index contributed by atoms with van der Waals surface area (Å²) in [6.07, 6.45) is 5.30. The zero-order valence-electron chi connectivity index (χ0n) is 19.0. The zero-order valence-corrected chi connectivity index (χ0v) is 19.0. The first-order chi connectivity index (χ1) is 15.4. The normalized spacial score (nSPS) is 11.1. The summed E-state index contributed by atoms with van der Waals surface area (Å²) in [5.74, 6) is -0.249. The SMILES string of the molecule is CC(C)N(CC(=O)N(Cc1ccccc1)Cc1cccn1C)C(=O)/C=C/c1ccccc1. The Kier molecular flexibility index (Phi) is 8.03. The minimum atomic E-state index is -0.171. The molecule has 0 saturated heterocycles. The molecule has 0 aliphatic carbocycles. The van der Waals surface area contributed by atoms with Crippen LogP contribution in [-0.2, 0) is 29.7 Å². The van der Waals surface area contributed by atoms with Gasteiger partial charge in [0.05, 0.1) is 6.54 Å². The predicted molar refractivity (Wildman–Crippen MR) is 128 cm³/mol. The van der Waals surface area contributed by atoms with E-state index in [4.69, 9.17) is 0 Å². The van der Waals surface area contributed by atoms with Crippen LogP contribution in [0.2, 0.25) is 0 Å². The second kappa shape index (κ2) is 11.1. The molecule has 2 aromatic carbocycles. The second-order valence-electron chi connectivity index (χ2n) is 8.15. The molecular weight excluding hydrogens is 398 g/mol. The highest BCUT2D eigenvalue weighted by molar-refractivity contribution is 5.94. The first-order valence-corrected chi connectivity index (χ1v) is 10.9. The number of rotatable bonds is 9. The monoisotopic (exact) mass is 429 g/mol. The van der Waals surface area contributed by atoms with Gasteiger partial charge < -0.3 is 14.4 Å². The molecule has 0 aliphatic heterocycles. The van der Waals surface area contributed by atoms with Crippen LogP contribution in [-0.4, -0.2) is 38.8 Å². The molecule has 1 aromatic heterocycles. The molecule has 0 bridgehead atoms. The quantitative estimate of drug-likeness (QED) is 0.470. The highest BCUT2D eigenvalue weighted by atomic mass is 16.2. The van der Waals surface area contributed by atoms with Gasteiger partial charge in [0.1, 0.15) is 6.54 Å². The zero-order chi connectivity index (χ0) is 22.9. The van der Waals surface area contributed by atoms with Crippen LogP contribution < -0.4 is 0 Å². The molecule has 0 spiro atoms. The summed E-state index contributed by atoms with van der Waals surface area (Å²) in [5.41, 5.74) is 3.05. The number of hydrogen-bond acceptors (Lipinski definition) is 2. The molecule has 0 N–H and O–H groups in total. The van der Waals surface area contributed by atoms with Crippen molar-refractivity contribution in [1.82, 2.24) is 14.4 Å². The van der Waals surface area contributed by atoms with Gasteiger partial charge in [0.15, 0.2) is 0 Å². The van der Waals surface area contributed by atoms with E-state index in [1.165, 1.54) is 0 Å². The lowest BCUT2D eigenvalue weighted by molar-refractivity contribution is -0.140. The van der Waals surface area contributed by atoms with Gasteiger partial charge in [0.2, 0.25) is 11.8 Å². The Morgan fingerprint density at radius 3 is 2.16 bits per heavy atom. The van der Waals surface area contributed by atoms with Crippen molar-refractivity contribution >= 4 is 17.9 Å². The van der Waals surface area contributed by atoms with E-state index < -0.39 is 0 Å². The number of nitrogens with zero attached hydrogens (tertiary/aromatic N) is 3. The van der Waals surface area contributed by atoms with E-state index >= 15 is 0 Å². The van der Waals surface area contributed by atoms with Gasteiger partial charge in [0.25, 0.3) is 0 Å². The summed E-state index contributed by atoms with van der Waals surface area (Å²) in [6.45, 7) is 4.87. The molecule has 0 fully saturated rings. The van der Waals surface area contributed by atoms with Crippen molar-refractivity contribution in [2.75, 3.05) is 6.54 Å². The second-order valence-corrected chi connectivity index (χ2v) is 8.15. The van der Waals surface area contributed by atoms with Crippen molar-refractivity contribution < 1.29 is 9.59 Å². The van der Waals surface area contributed by atoms with Crippen LogP contribution in [0.15, 0.2) is 85.1 Å². The summed E-state index contributed by atoms with van der Waals surface area (Å²) in [6, 6.07) is 23.5. The van der Waals surface area contributed by atoms with E-state index in [0.29, 0.717) is 13.1 Å². The number of aryl methyl sites for hydroxylation is 1. The lowest BCUT2D eigenvalue weighted by atomic mass is 10.2. The van der Waals surface area contributed by atoms with Gasteiger partial charge >= 0.3 is 0 Å². The molecule has 0 aliphatic rings. The van der Waals surface area contributed by atoms with E-state index in [0.717, 1.165) is 16.8 Å². The molecule has 1 heterocycles. The van der Waals surface area contributed by atoms with Crippen LogP contribution in [0.5, 0.6) is 0 Å². The molecule has 166 valence electrons. The standard InChI is InChI=1S/C27H31N3O2/c1-22(2)30(26(31)17-16-23-11-6-4-7-12-23)21-27(32)29(19-24-13-8-5-9-14-24)20-25-15-10-18-28(25)3/h4-18,22H,19-21H2,1-3H3/b17-16+. The fourth-order valence-electron chi connectivity index (χ4n) is 3.48. The Morgan fingerprint density at radius 1 is 0.906 bits per heavy atom. The highest BCUT2D eigenvalue weighted by Gasteiger charge is 2.23. The molecule has 0 saturated carbocycles. The van der Waals surface area contributed by atoms with Crippen molar-refractivity contribution in [3.05, 3.63) is 102 Å². The summed E-state index contributed by atoms with van der Waals surface area (Å²) in [7, 11) is 1.97. The average Bonchev–Trinajstić information content (AvgIpc) is 3.20. The summed E-state index contributed by atoms with van der Waals surface area (Å²) < 4.78 is 2.01. The summed E-state index contributed by atoms with van der Waals surface area (Å²) >= 11 is 0. The first kappa shape index (κ1) is 23.1. The van der Waals surface area contributed by atoms with Crippen molar-refractivity contribution in [1.29, 1.82) is 0 Å². The topological polar surface area (TPSA) is 45.6 Å². The minimum absolute atomic E-state index is 0.0346. The van der Waals surface area contributed by atoms with Crippen molar-refractivity contribution in [3.8, 4) is 0 Å². The van der Waals surface area contributed by atoms with Crippen LogP contribution >= 0.6 is 0 Å². The molecule has 3 rings (SSSR count). The Balaban J connectivity index is 1.76. The Bertz CT molecular complexity index is 1040. The lowest BCUT2D eigenvalue weighted by Gasteiger charge is -2.29. The van der Waals surface area contributed by atoms with Crippen molar-refractivity contribution in [2.45, 2.75) is 33.0 Å². The Hall–Kier alpha value is -3.60. The third-order valence-electron chi connectivity index (χ3n) is 5.40. The maximum Gasteiger partial charge on any atom is 0.247 e. The number of hydrogen-bond donors (Lipinski definition) is 0. The van der Waals surface area contributed by atoms with Crippen molar-refractivity contribution in [2.24, 2.45) is 7.05 Å². The van der Waals surface area contributed by atoms with Gasteiger partial charge in [-0.2, -0.15) is 0 Å². The van der Waals surface area contributed by atoms with Crippen LogP contribution in [0, 0.1) is 0 Å². The van der Waals surface area contributed by atoms with Crippen molar-refractivity contribution in [3.63, 3.8) is 0 Å². The van der Waals surface area contributed by atoms with Crippen LogP contribution in [0.1, 0.15) is 30.7 Å². The number of aromatic nitrogens is 1. The molecule has 0 unspecified atom stereocenters. The third kappa shape index (κ3) is 6.45. The minimum Gasteiger partial charge on any atom is -0.353 e. The Morgan fingerprint density at radius 2 is 1.56 bits per heavy atom. The van der Waals surface area contributed by atoms with Gasteiger partial charge in [-0.05, 0) is 43.2 Å². The average molecular weight is 430 g/mol. The number of carbonyl (C=O) groups excluding carboxylic acids is 2. The fraction of sp³-hybridized carbons (Fsp3) is 0.259. The lowest BCUT2D eigenvalue weighted by Crippen LogP contribution is -2.45. The molecule has 2 amide bonds. The predicted octanol–water partition coefficient (Wildman–Crippen LogP) is 4.50. The van der Waals surface area contributed by atoms with E-state index in [9.17, 15) is 9.59 Å². The van der Waals surface area contributed by atoms with Gasteiger partial charge in [-0.3, -0.25) is 9.59 Å². The van der Waals surface area contributed by atoms with E-state index in [1.807, 2.05) is 109 Å². The van der Waals surface area contributed by atoms with Gasteiger partial charge in [-0.1, -0.05) is 60.7 Å². The van der Waals surface area contributed by atoms with Gasteiger partial charge in [-0.25, -0.2) is 0 Å². The summed E-state index contributed by atoms with van der Waals surface area (Å²) in [5, 5.41) is 0. The van der Waals surface area contributed by atoms with Crippen LogP contribution in [0.4, 0.5) is 0 Å². The summed E-state index contributed by atoms with van der Waals surface area (Å²) in [4.78, 5) is 29.7. The highest BCUT2D eigenvalue weighted by Crippen LogP contribution is 2.13. The van der Waals surface area contributed by atoms with Crippen LogP contribution in [0.3, 0.4) is 0 Å². The van der Waals surface area contributed by atoms with Gasteiger partial charge in [-0.15, -0.1) is 0 Å². The largest absolute Gasteiger partial charge is 0.353 e. The number of carbonyl (C=O) groups is 2. The molecular formula is C27H31N3O2. The number of benzene rings is 2. The molecule has 0 radical (unpaired) electrons. The van der Waals surface area contributed by atoms with E-state index in [-0.39, 0.29) is 24.4 Å². The smallest absolute Gasteiger partial charge is 0.247 e. The van der Waals surface area contributed by atoms with Gasteiger partial charge in [0, 0.05) is 37.6 Å². The molecule has 32 heavy (non-hydrogen) atoms. The molecule has 5 nitrogen and oxygen atoms in total. The molecule has 0 atom stereocenters. The first-order valence-electron chi connectivity index (χ1n) is 10.9. The van der Waals surface area contributed by atoms with E-state index in [2.05, 4.69) is 0 Å². The maximum atomic E-state index is 13.4. The number of amides is 2. The van der Waals surface area contributed by atoms with E-state index in [1.54, 1.807) is 17.1 Å². The molecule has 5 heteroatoms. The Labute approximate surface area is 190 Å². The third-order valence-corrected chi connectivity index (χ3v) is 5.40. The molecule has 3 aromatic rings. The fourth-order valence-corrected chi connectivity index (χ4v) is 3.48.